The van der Waals surface area contributed by atoms with Crippen LogP contribution in [0.2, 0.25) is 0 Å². The lowest BCUT2D eigenvalue weighted by atomic mass is 9.86. The highest BCUT2D eigenvalue weighted by atomic mass is 32.2. The Labute approximate surface area is 209 Å². The minimum atomic E-state index is -3.83. The number of nitrogens with zero attached hydrogens (tertiary/aromatic N) is 1. The number of hydrogen-bond acceptors (Lipinski definition) is 5. The number of sulfonamides is 1. The number of likely N-dealkylation sites (tertiary alicyclic amines) is 1. The van der Waals surface area contributed by atoms with Crippen LogP contribution in [0, 0.1) is 6.92 Å². The van der Waals surface area contributed by atoms with Crippen LogP contribution in [0.5, 0.6) is 0 Å². The number of fused-ring (bicyclic) bond motifs is 1. The number of aryl methyl sites for hydroxylation is 2. The third kappa shape index (κ3) is 6.91. The number of rotatable bonds is 9. The van der Waals surface area contributed by atoms with Crippen LogP contribution < -0.4 is 10.0 Å². The van der Waals surface area contributed by atoms with Crippen molar-refractivity contribution in [2.75, 3.05) is 19.7 Å². The van der Waals surface area contributed by atoms with Crippen LogP contribution in [0.15, 0.2) is 47.4 Å². The monoisotopic (exact) mass is 499 g/mol. The van der Waals surface area contributed by atoms with E-state index in [9.17, 15) is 18.3 Å². The van der Waals surface area contributed by atoms with Crippen LogP contribution >= 0.6 is 0 Å². The van der Waals surface area contributed by atoms with Crippen molar-refractivity contribution in [3.05, 3.63) is 64.7 Å². The molecule has 1 fully saturated rings. The van der Waals surface area contributed by atoms with Crippen LogP contribution in [-0.2, 0) is 27.8 Å². The van der Waals surface area contributed by atoms with Crippen LogP contribution in [0.25, 0.3) is 0 Å². The van der Waals surface area contributed by atoms with E-state index in [4.69, 9.17) is 0 Å². The fraction of sp³-hybridized carbons (Fsp3) is 0.519. The fourth-order valence-corrected chi connectivity index (χ4v) is 6.34. The van der Waals surface area contributed by atoms with Crippen molar-refractivity contribution in [1.82, 2.24) is 14.9 Å². The van der Waals surface area contributed by atoms with Gasteiger partial charge in [0, 0.05) is 13.0 Å². The quantitative estimate of drug-likeness (QED) is 0.492. The number of amides is 1. The summed E-state index contributed by atoms with van der Waals surface area (Å²) in [5.41, 5.74) is 4.71. The second kappa shape index (κ2) is 11.6. The average molecular weight is 500 g/mol. The minimum Gasteiger partial charge on any atom is -0.395 e. The van der Waals surface area contributed by atoms with Crippen molar-refractivity contribution >= 4 is 15.9 Å². The van der Waals surface area contributed by atoms with Gasteiger partial charge in [-0.05, 0) is 80.9 Å². The highest BCUT2D eigenvalue weighted by Crippen LogP contribution is 2.31. The number of nitrogens with one attached hydrogen (secondary N) is 2. The van der Waals surface area contributed by atoms with Crippen LogP contribution in [0.3, 0.4) is 0 Å². The zero-order valence-corrected chi connectivity index (χ0v) is 21.3. The first-order valence-corrected chi connectivity index (χ1v) is 14.2. The standard InChI is InChI=1S/C27H37N3O4S/c1-20-8-11-24(12-9-20)35(33,34)29-23(19-31)17-27(32)28-26-7-5-6-22-16-21(10-13-25(22)26)18-30-14-3-2-4-15-30/h8-13,16,23,26,29,31H,2-7,14-15,17-19H2,1H3,(H,28,32)/t23-,26-/m1/s1. The molecule has 0 saturated carbocycles. The lowest BCUT2D eigenvalue weighted by Gasteiger charge is -2.29. The Balaban J connectivity index is 1.36. The van der Waals surface area contributed by atoms with Crippen molar-refractivity contribution in [3.8, 4) is 0 Å². The Bertz CT molecular complexity index is 1110. The molecule has 7 nitrogen and oxygen atoms in total. The van der Waals surface area contributed by atoms with Gasteiger partial charge in [-0.3, -0.25) is 9.69 Å². The molecule has 35 heavy (non-hydrogen) atoms. The molecular weight excluding hydrogens is 462 g/mol. The van der Waals surface area contributed by atoms with E-state index in [2.05, 4.69) is 33.1 Å². The van der Waals surface area contributed by atoms with E-state index < -0.39 is 22.7 Å². The van der Waals surface area contributed by atoms with E-state index >= 15 is 0 Å². The number of carbonyl (C=O) groups is 1. The third-order valence-electron chi connectivity index (χ3n) is 7.02. The summed E-state index contributed by atoms with van der Waals surface area (Å²) in [5.74, 6) is -0.272. The minimum absolute atomic E-state index is 0.0941. The van der Waals surface area contributed by atoms with Gasteiger partial charge in [0.15, 0.2) is 0 Å². The Morgan fingerprint density at radius 3 is 2.54 bits per heavy atom. The Kier molecular flexibility index (Phi) is 8.59. The first kappa shape index (κ1) is 25.8. The molecule has 0 aromatic heterocycles. The number of piperidine rings is 1. The van der Waals surface area contributed by atoms with E-state index in [0.29, 0.717) is 0 Å². The van der Waals surface area contributed by atoms with Gasteiger partial charge < -0.3 is 10.4 Å². The molecule has 0 bridgehead atoms. The van der Waals surface area contributed by atoms with Crippen molar-refractivity contribution in [1.29, 1.82) is 0 Å². The summed E-state index contributed by atoms with van der Waals surface area (Å²) >= 11 is 0. The molecule has 1 amide bonds. The summed E-state index contributed by atoms with van der Waals surface area (Å²) in [7, 11) is -3.83. The predicted octanol–water partition coefficient (Wildman–Crippen LogP) is 3.20. The average Bonchev–Trinajstić information content (AvgIpc) is 2.84. The van der Waals surface area contributed by atoms with Gasteiger partial charge in [-0.1, -0.05) is 42.3 Å². The molecule has 2 aromatic carbocycles. The van der Waals surface area contributed by atoms with Crippen molar-refractivity contribution in [3.63, 3.8) is 0 Å². The van der Waals surface area contributed by atoms with Gasteiger partial charge in [-0.2, -0.15) is 0 Å². The van der Waals surface area contributed by atoms with E-state index in [1.54, 1.807) is 12.1 Å². The molecule has 8 heteroatoms. The number of benzene rings is 2. The molecule has 3 N–H and O–H groups in total. The maximum absolute atomic E-state index is 12.8. The second-order valence-corrected chi connectivity index (χ2v) is 11.6. The van der Waals surface area contributed by atoms with E-state index in [1.807, 2.05) is 6.92 Å². The summed E-state index contributed by atoms with van der Waals surface area (Å²) < 4.78 is 27.8. The number of carbonyl (C=O) groups excluding carboxylic acids is 1. The summed E-state index contributed by atoms with van der Waals surface area (Å²) in [6.07, 6.45) is 6.60. The molecule has 1 aliphatic heterocycles. The number of hydrogen-bond donors (Lipinski definition) is 3. The SMILES string of the molecule is Cc1ccc(S(=O)(=O)N[C@@H](CO)CC(=O)N[C@@H]2CCCc3cc(CN4CCCCC4)ccc32)cc1. The van der Waals surface area contributed by atoms with Gasteiger partial charge in [0.1, 0.15) is 0 Å². The normalized spacial score (nSPS) is 19.7. The van der Waals surface area contributed by atoms with Gasteiger partial charge in [-0.25, -0.2) is 13.1 Å². The number of aliphatic hydroxyl groups excluding tert-OH is 1. The lowest BCUT2D eigenvalue weighted by Crippen LogP contribution is -2.42. The van der Waals surface area contributed by atoms with Gasteiger partial charge >= 0.3 is 0 Å². The molecule has 0 unspecified atom stereocenters. The Hall–Kier alpha value is -2.26. The third-order valence-corrected chi connectivity index (χ3v) is 8.55. The highest BCUT2D eigenvalue weighted by Gasteiger charge is 2.26. The molecule has 2 atom stereocenters. The first-order chi connectivity index (χ1) is 16.8. The fourth-order valence-electron chi connectivity index (χ4n) is 5.12. The van der Waals surface area contributed by atoms with E-state index in [0.717, 1.165) is 50.0 Å². The summed E-state index contributed by atoms with van der Waals surface area (Å²) in [5, 5.41) is 12.8. The zero-order chi connectivity index (χ0) is 24.8. The number of aliphatic hydroxyl groups is 1. The molecule has 0 radical (unpaired) electrons. The highest BCUT2D eigenvalue weighted by molar-refractivity contribution is 7.89. The zero-order valence-electron chi connectivity index (χ0n) is 20.5. The molecular formula is C27H37N3O4S. The van der Waals surface area contributed by atoms with Crippen LogP contribution in [0.4, 0.5) is 0 Å². The van der Waals surface area contributed by atoms with Crippen LogP contribution in [-0.4, -0.2) is 50.1 Å². The van der Waals surface area contributed by atoms with E-state index in [1.165, 1.54) is 42.5 Å². The summed E-state index contributed by atoms with van der Waals surface area (Å²) in [4.78, 5) is 15.5. The Morgan fingerprint density at radius 2 is 1.83 bits per heavy atom. The predicted molar refractivity (Wildman–Crippen MR) is 136 cm³/mol. The first-order valence-electron chi connectivity index (χ1n) is 12.7. The molecule has 2 aromatic rings. The second-order valence-electron chi connectivity index (χ2n) is 9.90. The van der Waals surface area contributed by atoms with E-state index in [-0.39, 0.29) is 23.3 Å². The summed E-state index contributed by atoms with van der Waals surface area (Å²) in [6, 6.07) is 12.1. The van der Waals surface area contributed by atoms with Gasteiger partial charge in [-0.15, -0.1) is 0 Å². The van der Waals surface area contributed by atoms with Crippen LogP contribution in [0.1, 0.15) is 66.8 Å². The molecule has 1 heterocycles. The maximum atomic E-state index is 12.8. The van der Waals surface area contributed by atoms with Gasteiger partial charge in [0.05, 0.1) is 23.6 Å². The van der Waals surface area contributed by atoms with Crippen molar-refractivity contribution < 1.29 is 18.3 Å². The topological polar surface area (TPSA) is 98.7 Å². The van der Waals surface area contributed by atoms with Gasteiger partial charge in [0.2, 0.25) is 15.9 Å². The molecule has 0 spiro atoms. The largest absolute Gasteiger partial charge is 0.395 e. The molecule has 2 aliphatic rings. The molecule has 1 saturated heterocycles. The van der Waals surface area contributed by atoms with Gasteiger partial charge in [0.25, 0.3) is 0 Å². The lowest BCUT2D eigenvalue weighted by molar-refractivity contribution is -0.122. The smallest absolute Gasteiger partial charge is 0.240 e. The van der Waals surface area contributed by atoms with Crippen molar-refractivity contribution in [2.45, 2.75) is 75.4 Å². The summed E-state index contributed by atoms with van der Waals surface area (Å²) in [6.45, 7) is 4.72. The molecule has 190 valence electrons. The van der Waals surface area contributed by atoms with Crippen molar-refractivity contribution in [2.24, 2.45) is 0 Å². The molecule has 4 rings (SSSR count). The Morgan fingerprint density at radius 1 is 1.09 bits per heavy atom. The molecule has 1 aliphatic carbocycles. The maximum Gasteiger partial charge on any atom is 0.240 e.